The molecule has 1 aromatic rings. The van der Waals surface area contributed by atoms with E-state index in [0.717, 1.165) is 0 Å². The van der Waals surface area contributed by atoms with E-state index in [1.165, 1.54) is 12.1 Å². The molecular formula is C12H13FO2. The quantitative estimate of drug-likeness (QED) is 0.753. The maximum Gasteiger partial charge on any atom is 0.165 e. The van der Waals surface area contributed by atoms with Gasteiger partial charge in [-0.3, -0.25) is 0 Å². The fraction of sp³-hybridized carbons (Fsp3) is 0.333. The molecule has 0 atom stereocenters. The number of hydrogen-bond acceptors (Lipinski definition) is 2. The van der Waals surface area contributed by atoms with Crippen LogP contribution in [-0.2, 0) is 0 Å². The van der Waals surface area contributed by atoms with Gasteiger partial charge >= 0.3 is 0 Å². The van der Waals surface area contributed by atoms with Gasteiger partial charge in [-0.1, -0.05) is 11.8 Å². The molecule has 0 fully saturated rings. The molecule has 80 valence electrons. The zero-order valence-electron chi connectivity index (χ0n) is 8.75. The average Bonchev–Trinajstić information content (AvgIpc) is 2.18. The van der Waals surface area contributed by atoms with Crippen molar-refractivity contribution in [2.75, 3.05) is 6.61 Å². The van der Waals surface area contributed by atoms with Crippen molar-refractivity contribution in [2.24, 2.45) is 0 Å². The highest BCUT2D eigenvalue weighted by atomic mass is 19.1. The van der Waals surface area contributed by atoms with Gasteiger partial charge in [-0.2, -0.15) is 0 Å². The van der Waals surface area contributed by atoms with Gasteiger partial charge in [0.2, 0.25) is 0 Å². The fourth-order valence-corrected chi connectivity index (χ4v) is 1.07. The van der Waals surface area contributed by atoms with E-state index in [4.69, 9.17) is 9.84 Å². The van der Waals surface area contributed by atoms with Crippen LogP contribution < -0.4 is 4.74 Å². The first-order valence-electron chi connectivity index (χ1n) is 4.69. The third-order valence-electron chi connectivity index (χ3n) is 1.61. The smallest absolute Gasteiger partial charge is 0.165 e. The topological polar surface area (TPSA) is 29.5 Å². The lowest BCUT2D eigenvalue weighted by atomic mass is 10.2. The summed E-state index contributed by atoms with van der Waals surface area (Å²) in [5.41, 5.74) is 0.626. The molecule has 0 heterocycles. The van der Waals surface area contributed by atoms with Crippen molar-refractivity contribution in [2.45, 2.75) is 20.0 Å². The number of rotatable bonds is 2. The van der Waals surface area contributed by atoms with Crippen molar-refractivity contribution < 1.29 is 14.2 Å². The Bertz CT molecular complexity index is 388. The summed E-state index contributed by atoms with van der Waals surface area (Å²) < 4.78 is 18.5. The van der Waals surface area contributed by atoms with Crippen molar-refractivity contribution in [3.8, 4) is 17.6 Å². The minimum absolute atomic E-state index is 0.0828. The molecule has 0 spiro atoms. The molecule has 0 aliphatic rings. The number of halogens is 1. The number of aliphatic hydroxyl groups is 1. The molecule has 15 heavy (non-hydrogen) atoms. The van der Waals surface area contributed by atoms with Crippen molar-refractivity contribution in [3.05, 3.63) is 29.6 Å². The molecule has 0 aliphatic heterocycles. The highest BCUT2D eigenvalue weighted by Crippen LogP contribution is 2.19. The summed E-state index contributed by atoms with van der Waals surface area (Å²) in [5, 5.41) is 8.52. The second kappa shape index (κ2) is 5.38. The monoisotopic (exact) mass is 208 g/mol. The number of ether oxygens (including phenoxy) is 1. The lowest BCUT2D eigenvalue weighted by molar-refractivity contribution is 0.231. The lowest BCUT2D eigenvalue weighted by Gasteiger charge is -2.10. The minimum Gasteiger partial charge on any atom is -0.488 e. The first-order valence-corrected chi connectivity index (χ1v) is 4.69. The molecule has 3 heteroatoms. The Morgan fingerprint density at radius 1 is 1.47 bits per heavy atom. The molecule has 1 N–H and O–H groups in total. The standard InChI is InChI=1S/C12H13FO2/c1-9(2)15-12-8-10(4-3-7-14)5-6-11(12)13/h5-6,8-9,14H,7H2,1-2H3. The Labute approximate surface area is 88.7 Å². The molecule has 0 radical (unpaired) electrons. The van der Waals surface area contributed by atoms with Crippen LogP contribution in [0.3, 0.4) is 0 Å². The van der Waals surface area contributed by atoms with Crippen LogP contribution in [0.5, 0.6) is 5.75 Å². The van der Waals surface area contributed by atoms with Crippen LogP contribution in [0.15, 0.2) is 18.2 Å². The van der Waals surface area contributed by atoms with Crippen molar-refractivity contribution in [3.63, 3.8) is 0 Å². The van der Waals surface area contributed by atoms with Crippen LogP contribution in [0, 0.1) is 17.7 Å². The molecule has 0 bridgehead atoms. The minimum atomic E-state index is -0.404. The Hall–Kier alpha value is -1.53. The van der Waals surface area contributed by atoms with E-state index in [-0.39, 0.29) is 18.5 Å². The van der Waals surface area contributed by atoms with Gasteiger partial charge < -0.3 is 9.84 Å². The second-order valence-electron chi connectivity index (χ2n) is 3.27. The average molecular weight is 208 g/mol. The predicted octanol–water partition coefficient (Wildman–Crippen LogP) is 1.96. The summed E-state index contributed by atoms with van der Waals surface area (Å²) in [6, 6.07) is 4.38. The summed E-state index contributed by atoms with van der Waals surface area (Å²) in [5.74, 6) is 4.97. The molecule has 1 aromatic carbocycles. The van der Waals surface area contributed by atoms with E-state index in [2.05, 4.69) is 11.8 Å². The molecule has 0 aromatic heterocycles. The Kier molecular flexibility index (Phi) is 4.14. The van der Waals surface area contributed by atoms with E-state index in [0.29, 0.717) is 5.56 Å². The molecule has 2 nitrogen and oxygen atoms in total. The van der Waals surface area contributed by atoms with E-state index >= 15 is 0 Å². The van der Waals surface area contributed by atoms with E-state index < -0.39 is 5.82 Å². The van der Waals surface area contributed by atoms with E-state index in [1.807, 2.05) is 13.8 Å². The van der Waals surface area contributed by atoms with Crippen molar-refractivity contribution >= 4 is 0 Å². The number of aliphatic hydroxyl groups excluding tert-OH is 1. The summed E-state index contributed by atoms with van der Waals surface area (Å²) >= 11 is 0. The molecule has 0 unspecified atom stereocenters. The van der Waals surface area contributed by atoms with Gasteiger partial charge in [0.15, 0.2) is 11.6 Å². The third kappa shape index (κ3) is 3.61. The molecule has 1 rings (SSSR count). The number of benzene rings is 1. The van der Waals surface area contributed by atoms with Crippen LogP contribution in [0.25, 0.3) is 0 Å². The maximum absolute atomic E-state index is 13.2. The van der Waals surface area contributed by atoms with E-state index in [9.17, 15) is 4.39 Å². The van der Waals surface area contributed by atoms with Gasteiger partial charge in [-0.25, -0.2) is 4.39 Å². The van der Waals surface area contributed by atoms with Crippen LogP contribution in [0.1, 0.15) is 19.4 Å². The van der Waals surface area contributed by atoms with Gasteiger partial charge in [0, 0.05) is 5.56 Å². The van der Waals surface area contributed by atoms with Gasteiger partial charge in [0.1, 0.15) is 6.61 Å². The maximum atomic E-state index is 13.2. The van der Waals surface area contributed by atoms with Crippen LogP contribution in [0.4, 0.5) is 4.39 Å². The molecule has 0 amide bonds. The fourth-order valence-electron chi connectivity index (χ4n) is 1.07. The lowest BCUT2D eigenvalue weighted by Crippen LogP contribution is -2.07. The third-order valence-corrected chi connectivity index (χ3v) is 1.61. The van der Waals surface area contributed by atoms with Crippen molar-refractivity contribution in [1.29, 1.82) is 0 Å². The zero-order chi connectivity index (χ0) is 11.3. The Balaban J connectivity index is 2.94. The highest BCUT2D eigenvalue weighted by molar-refractivity contribution is 5.40. The van der Waals surface area contributed by atoms with Crippen LogP contribution in [-0.4, -0.2) is 17.8 Å². The summed E-state index contributed by atoms with van der Waals surface area (Å²) in [6.07, 6.45) is -0.0828. The molecule has 0 saturated heterocycles. The van der Waals surface area contributed by atoms with Gasteiger partial charge in [-0.05, 0) is 32.0 Å². The first kappa shape index (κ1) is 11.5. The summed E-state index contributed by atoms with van der Waals surface area (Å²) in [7, 11) is 0. The second-order valence-corrected chi connectivity index (χ2v) is 3.27. The Morgan fingerprint density at radius 2 is 2.20 bits per heavy atom. The van der Waals surface area contributed by atoms with Crippen LogP contribution in [0.2, 0.25) is 0 Å². The largest absolute Gasteiger partial charge is 0.488 e. The first-order chi connectivity index (χ1) is 7.13. The summed E-state index contributed by atoms with van der Waals surface area (Å²) in [6.45, 7) is 3.44. The summed E-state index contributed by atoms with van der Waals surface area (Å²) in [4.78, 5) is 0. The molecule has 0 saturated carbocycles. The van der Waals surface area contributed by atoms with Gasteiger partial charge in [0.25, 0.3) is 0 Å². The highest BCUT2D eigenvalue weighted by Gasteiger charge is 2.05. The van der Waals surface area contributed by atoms with Gasteiger partial charge in [0.05, 0.1) is 6.10 Å². The van der Waals surface area contributed by atoms with E-state index in [1.54, 1.807) is 6.07 Å². The van der Waals surface area contributed by atoms with Crippen LogP contribution >= 0.6 is 0 Å². The Morgan fingerprint density at radius 3 is 2.80 bits per heavy atom. The predicted molar refractivity (Wildman–Crippen MR) is 56.1 cm³/mol. The van der Waals surface area contributed by atoms with Gasteiger partial charge in [-0.15, -0.1) is 0 Å². The number of hydrogen-bond donors (Lipinski definition) is 1. The van der Waals surface area contributed by atoms with Crippen molar-refractivity contribution in [1.82, 2.24) is 0 Å². The molecule has 0 aliphatic carbocycles. The zero-order valence-corrected chi connectivity index (χ0v) is 8.75. The molecular weight excluding hydrogens is 195 g/mol. The normalized spacial score (nSPS) is 9.67. The SMILES string of the molecule is CC(C)Oc1cc(C#CCO)ccc1F.